The second-order valence-corrected chi connectivity index (χ2v) is 3.74. The molecule has 0 spiro atoms. The van der Waals surface area contributed by atoms with Gasteiger partial charge in [0.05, 0.1) is 6.54 Å². The van der Waals surface area contributed by atoms with Gasteiger partial charge in [-0.15, -0.1) is 0 Å². The summed E-state index contributed by atoms with van der Waals surface area (Å²) in [4.78, 5) is 14.7. The molecule has 84 valence electrons. The lowest BCUT2D eigenvalue weighted by Crippen LogP contribution is -2.37. The van der Waals surface area contributed by atoms with Crippen molar-refractivity contribution >= 4 is 5.97 Å². The van der Waals surface area contributed by atoms with Crippen LogP contribution in [0.1, 0.15) is 26.2 Å². The Morgan fingerprint density at radius 3 is 2.87 bits per heavy atom. The molecule has 2 N–H and O–H groups in total. The quantitative estimate of drug-likeness (QED) is 0.721. The van der Waals surface area contributed by atoms with Crippen molar-refractivity contribution in [3.8, 4) is 0 Å². The Hall–Kier alpha value is -1.43. The average Bonchev–Trinajstić information content (AvgIpc) is 2.63. The predicted molar refractivity (Wildman–Crippen MR) is 52.0 cm³/mol. The van der Waals surface area contributed by atoms with E-state index < -0.39 is 12.0 Å². The Balaban J connectivity index is 2.41. The van der Waals surface area contributed by atoms with Gasteiger partial charge in [0, 0.05) is 0 Å². The van der Waals surface area contributed by atoms with Crippen LogP contribution < -0.4 is 5.32 Å². The minimum Gasteiger partial charge on any atom is -0.480 e. The van der Waals surface area contributed by atoms with Gasteiger partial charge in [-0.3, -0.25) is 10.1 Å². The van der Waals surface area contributed by atoms with E-state index in [1.54, 1.807) is 0 Å². The summed E-state index contributed by atoms with van der Waals surface area (Å²) >= 11 is 0. The highest BCUT2D eigenvalue weighted by atomic mass is 16.5. The van der Waals surface area contributed by atoms with Gasteiger partial charge in [-0.25, -0.2) is 0 Å². The zero-order chi connectivity index (χ0) is 11.3. The van der Waals surface area contributed by atoms with E-state index in [-0.39, 0.29) is 6.54 Å². The molecule has 0 amide bonds. The molecule has 0 fully saturated rings. The van der Waals surface area contributed by atoms with Crippen LogP contribution in [0, 0.1) is 5.92 Å². The fraction of sp³-hybridized carbons (Fsp3) is 0.667. The van der Waals surface area contributed by atoms with Gasteiger partial charge in [-0.1, -0.05) is 19.0 Å². The van der Waals surface area contributed by atoms with Gasteiger partial charge in [0.15, 0.2) is 6.33 Å². The van der Waals surface area contributed by atoms with Crippen LogP contribution in [0.15, 0.2) is 10.9 Å². The molecular weight excluding hydrogens is 198 g/mol. The number of hydrogen-bond donors (Lipinski definition) is 2. The van der Waals surface area contributed by atoms with Crippen molar-refractivity contribution in [1.29, 1.82) is 0 Å². The molecule has 0 saturated heterocycles. The second-order valence-electron chi connectivity index (χ2n) is 3.74. The van der Waals surface area contributed by atoms with Gasteiger partial charge in [0.25, 0.3) is 0 Å². The highest BCUT2D eigenvalue weighted by Crippen LogP contribution is 2.05. The standard InChI is InChI=1S/C9H15N3O3/c1-6(2)3-7(9(13)14)10-4-8-11-5-12-15-8/h5-7,10H,3-4H2,1-2H3,(H,13,14). The second kappa shape index (κ2) is 5.45. The average molecular weight is 213 g/mol. The number of aromatic nitrogens is 2. The number of rotatable bonds is 6. The van der Waals surface area contributed by atoms with Crippen LogP contribution in [0.25, 0.3) is 0 Å². The number of nitrogens with zero attached hydrogens (tertiary/aromatic N) is 2. The van der Waals surface area contributed by atoms with Crippen LogP contribution in [0.2, 0.25) is 0 Å². The van der Waals surface area contributed by atoms with Crippen molar-refractivity contribution in [2.45, 2.75) is 32.9 Å². The monoisotopic (exact) mass is 213 g/mol. The van der Waals surface area contributed by atoms with E-state index in [1.807, 2.05) is 13.8 Å². The number of carbonyl (C=O) groups is 1. The van der Waals surface area contributed by atoms with Crippen molar-refractivity contribution in [2.75, 3.05) is 0 Å². The molecule has 6 heteroatoms. The van der Waals surface area contributed by atoms with E-state index in [0.717, 1.165) is 0 Å². The molecule has 0 bridgehead atoms. The maximum atomic E-state index is 10.9. The Morgan fingerprint density at radius 2 is 2.40 bits per heavy atom. The maximum Gasteiger partial charge on any atom is 0.320 e. The van der Waals surface area contributed by atoms with Crippen LogP contribution in [-0.4, -0.2) is 27.3 Å². The Labute approximate surface area is 87.7 Å². The molecule has 1 heterocycles. The van der Waals surface area contributed by atoms with Crippen molar-refractivity contribution in [3.05, 3.63) is 12.2 Å². The maximum absolute atomic E-state index is 10.9. The minimum atomic E-state index is -0.858. The van der Waals surface area contributed by atoms with Gasteiger partial charge in [-0.2, -0.15) is 4.98 Å². The molecule has 1 aromatic rings. The number of carboxylic acids is 1. The van der Waals surface area contributed by atoms with Crippen molar-refractivity contribution < 1.29 is 14.4 Å². The number of nitrogens with one attached hydrogen (secondary N) is 1. The Kier molecular flexibility index (Phi) is 4.23. The van der Waals surface area contributed by atoms with E-state index in [4.69, 9.17) is 9.63 Å². The molecule has 0 aliphatic heterocycles. The van der Waals surface area contributed by atoms with Gasteiger partial charge >= 0.3 is 5.97 Å². The van der Waals surface area contributed by atoms with E-state index in [1.165, 1.54) is 6.33 Å². The summed E-state index contributed by atoms with van der Waals surface area (Å²) in [6.07, 6.45) is 1.86. The summed E-state index contributed by atoms with van der Waals surface area (Å²) in [6.45, 7) is 4.23. The fourth-order valence-electron chi connectivity index (χ4n) is 1.23. The summed E-state index contributed by atoms with van der Waals surface area (Å²) < 4.78 is 4.75. The Morgan fingerprint density at radius 1 is 1.67 bits per heavy atom. The lowest BCUT2D eigenvalue weighted by molar-refractivity contribution is -0.140. The molecule has 1 rings (SSSR count). The zero-order valence-corrected chi connectivity index (χ0v) is 8.80. The fourth-order valence-corrected chi connectivity index (χ4v) is 1.23. The SMILES string of the molecule is CC(C)CC(NCc1ncno1)C(=O)O. The van der Waals surface area contributed by atoms with Crippen LogP contribution in [0.3, 0.4) is 0 Å². The van der Waals surface area contributed by atoms with E-state index in [9.17, 15) is 4.79 Å². The molecule has 0 saturated carbocycles. The van der Waals surface area contributed by atoms with Gasteiger partial charge in [0.2, 0.25) is 5.89 Å². The van der Waals surface area contributed by atoms with Crippen molar-refractivity contribution in [2.24, 2.45) is 5.92 Å². The molecule has 6 nitrogen and oxygen atoms in total. The molecule has 1 aromatic heterocycles. The van der Waals surface area contributed by atoms with Gasteiger partial charge in [-0.05, 0) is 12.3 Å². The van der Waals surface area contributed by atoms with Crippen LogP contribution >= 0.6 is 0 Å². The highest BCUT2D eigenvalue weighted by Gasteiger charge is 2.18. The van der Waals surface area contributed by atoms with E-state index >= 15 is 0 Å². The molecule has 0 aliphatic rings. The molecule has 0 aromatic carbocycles. The van der Waals surface area contributed by atoms with Crippen molar-refractivity contribution in [3.63, 3.8) is 0 Å². The third-order valence-corrected chi connectivity index (χ3v) is 1.91. The zero-order valence-electron chi connectivity index (χ0n) is 8.80. The third kappa shape index (κ3) is 4.07. The minimum absolute atomic E-state index is 0.281. The first-order chi connectivity index (χ1) is 7.09. The first-order valence-electron chi connectivity index (χ1n) is 4.81. The topological polar surface area (TPSA) is 88.3 Å². The summed E-state index contributed by atoms with van der Waals surface area (Å²) in [5.74, 6) is -0.144. The predicted octanol–water partition coefficient (Wildman–Crippen LogP) is 0.658. The van der Waals surface area contributed by atoms with Crippen LogP contribution in [0.5, 0.6) is 0 Å². The third-order valence-electron chi connectivity index (χ3n) is 1.91. The molecule has 15 heavy (non-hydrogen) atoms. The van der Waals surface area contributed by atoms with E-state index in [0.29, 0.717) is 18.2 Å². The van der Waals surface area contributed by atoms with Crippen molar-refractivity contribution in [1.82, 2.24) is 15.5 Å². The summed E-state index contributed by atoms with van der Waals surface area (Å²) in [6, 6.07) is -0.572. The van der Waals surface area contributed by atoms with Gasteiger partial charge < -0.3 is 9.63 Å². The summed E-state index contributed by atoms with van der Waals surface area (Å²) in [5, 5.41) is 15.2. The largest absolute Gasteiger partial charge is 0.480 e. The molecule has 0 aliphatic carbocycles. The summed E-state index contributed by atoms with van der Waals surface area (Å²) in [7, 11) is 0. The molecular formula is C9H15N3O3. The molecule has 0 radical (unpaired) electrons. The summed E-state index contributed by atoms with van der Waals surface area (Å²) in [5.41, 5.74) is 0. The number of hydrogen-bond acceptors (Lipinski definition) is 5. The first kappa shape index (κ1) is 11.6. The highest BCUT2D eigenvalue weighted by molar-refractivity contribution is 5.73. The lowest BCUT2D eigenvalue weighted by Gasteiger charge is -2.14. The number of carboxylic acid groups (broad SMARTS) is 1. The Bertz CT molecular complexity index is 298. The smallest absolute Gasteiger partial charge is 0.320 e. The lowest BCUT2D eigenvalue weighted by atomic mass is 10.0. The normalized spacial score (nSPS) is 13.0. The molecule has 1 atom stereocenters. The molecule has 1 unspecified atom stereocenters. The first-order valence-corrected chi connectivity index (χ1v) is 4.81. The number of aliphatic carboxylic acids is 1. The van der Waals surface area contributed by atoms with E-state index in [2.05, 4.69) is 15.5 Å². The van der Waals surface area contributed by atoms with Gasteiger partial charge in [0.1, 0.15) is 6.04 Å². The van der Waals surface area contributed by atoms with Crippen LogP contribution in [0.4, 0.5) is 0 Å². The van der Waals surface area contributed by atoms with Crippen LogP contribution in [-0.2, 0) is 11.3 Å².